The van der Waals surface area contributed by atoms with Gasteiger partial charge in [-0.25, -0.2) is 0 Å². The molecule has 1 rings (SSSR count). The van der Waals surface area contributed by atoms with Crippen molar-refractivity contribution >= 4 is 0 Å². The number of rotatable bonds is 0. The van der Waals surface area contributed by atoms with E-state index in [1.807, 2.05) is 0 Å². The molecule has 0 aliphatic heterocycles. The highest BCUT2D eigenvalue weighted by molar-refractivity contribution is 5.12. The van der Waals surface area contributed by atoms with Crippen LogP contribution in [0.5, 0.6) is 0 Å². The Kier molecular flexibility index (Phi) is 2.13. The predicted molar refractivity (Wildman–Crippen MR) is 50.5 cm³/mol. The van der Waals surface area contributed by atoms with E-state index in [1.165, 1.54) is 18.4 Å². The van der Waals surface area contributed by atoms with Crippen molar-refractivity contribution in [3.05, 3.63) is 12.2 Å². The molecule has 0 aromatic rings. The molecule has 0 heteroatoms. The first-order valence-electron chi connectivity index (χ1n) is 4.61. The summed E-state index contributed by atoms with van der Waals surface area (Å²) >= 11 is 0. The van der Waals surface area contributed by atoms with E-state index in [-0.39, 0.29) is 0 Å². The zero-order chi connectivity index (χ0) is 8.65. The van der Waals surface area contributed by atoms with Crippen molar-refractivity contribution < 1.29 is 0 Å². The normalized spacial score (nSPS) is 32.9. The first kappa shape index (κ1) is 8.83. The quantitative estimate of drug-likeness (QED) is 0.465. The van der Waals surface area contributed by atoms with Crippen LogP contribution in [0.2, 0.25) is 0 Å². The molecule has 64 valence electrons. The molecule has 0 heterocycles. The van der Waals surface area contributed by atoms with Crippen LogP contribution in [0.25, 0.3) is 0 Å². The van der Waals surface area contributed by atoms with Crippen LogP contribution >= 0.6 is 0 Å². The number of hydrogen-bond acceptors (Lipinski definition) is 0. The lowest BCUT2D eigenvalue weighted by Crippen LogP contribution is -2.19. The fourth-order valence-corrected chi connectivity index (χ4v) is 2.12. The summed E-state index contributed by atoms with van der Waals surface area (Å²) in [5.41, 5.74) is 1.92. The zero-order valence-corrected chi connectivity index (χ0v) is 8.28. The van der Waals surface area contributed by atoms with Crippen LogP contribution in [0, 0.1) is 17.3 Å². The van der Waals surface area contributed by atoms with E-state index in [0.29, 0.717) is 5.41 Å². The van der Waals surface area contributed by atoms with Gasteiger partial charge in [0.25, 0.3) is 0 Å². The van der Waals surface area contributed by atoms with Gasteiger partial charge < -0.3 is 0 Å². The second kappa shape index (κ2) is 2.66. The third-order valence-electron chi connectivity index (χ3n) is 3.01. The second-order valence-corrected chi connectivity index (χ2v) is 4.97. The molecule has 0 N–H and O–H groups in total. The van der Waals surface area contributed by atoms with Gasteiger partial charge in [0.1, 0.15) is 0 Å². The smallest absolute Gasteiger partial charge is 0.0154 e. The van der Waals surface area contributed by atoms with Crippen LogP contribution in [0.1, 0.15) is 40.5 Å². The summed E-state index contributed by atoms with van der Waals surface area (Å²) in [6.07, 6.45) is 2.70. The maximum Gasteiger partial charge on any atom is -0.0154 e. The lowest BCUT2D eigenvalue weighted by atomic mass is 9.77. The molecule has 0 aromatic carbocycles. The van der Waals surface area contributed by atoms with Crippen LogP contribution in [0.15, 0.2) is 12.2 Å². The Balaban J connectivity index is 2.70. The highest BCUT2D eigenvalue weighted by atomic mass is 14.4. The minimum Gasteiger partial charge on any atom is -0.0993 e. The SMILES string of the molecule is C=C1C(C)CCC1C(C)(C)C. The maximum absolute atomic E-state index is 4.18. The summed E-state index contributed by atoms with van der Waals surface area (Å²) in [4.78, 5) is 0. The first-order valence-corrected chi connectivity index (χ1v) is 4.61. The molecule has 0 radical (unpaired) electrons. The van der Waals surface area contributed by atoms with Crippen molar-refractivity contribution in [2.24, 2.45) is 17.3 Å². The Morgan fingerprint density at radius 2 is 1.82 bits per heavy atom. The van der Waals surface area contributed by atoms with Crippen LogP contribution in [0.3, 0.4) is 0 Å². The van der Waals surface area contributed by atoms with Crippen LogP contribution < -0.4 is 0 Å². The molecule has 2 atom stereocenters. The fourth-order valence-electron chi connectivity index (χ4n) is 2.12. The molecule has 0 aromatic heterocycles. The van der Waals surface area contributed by atoms with Gasteiger partial charge in [0.05, 0.1) is 0 Å². The van der Waals surface area contributed by atoms with E-state index in [0.717, 1.165) is 11.8 Å². The Morgan fingerprint density at radius 3 is 2.00 bits per heavy atom. The third-order valence-corrected chi connectivity index (χ3v) is 3.01. The standard InChI is InChI=1S/C11H20/c1-8-6-7-10(9(8)2)11(3,4)5/h8,10H,2,6-7H2,1,3-5H3. The molecule has 1 aliphatic carbocycles. The van der Waals surface area contributed by atoms with Crippen molar-refractivity contribution in [2.45, 2.75) is 40.5 Å². The zero-order valence-electron chi connectivity index (χ0n) is 8.28. The minimum atomic E-state index is 0.432. The van der Waals surface area contributed by atoms with E-state index in [2.05, 4.69) is 34.3 Å². The number of hydrogen-bond donors (Lipinski definition) is 0. The van der Waals surface area contributed by atoms with Gasteiger partial charge in [-0.05, 0) is 30.1 Å². The third kappa shape index (κ3) is 1.66. The monoisotopic (exact) mass is 152 g/mol. The minimum absolute atomic E-state index is 0.432. The van der Waals surface area contributed by atoms with Crippen molar-refractivity contribution in [3.63, 3.8) is 0 Å². The van der Waals surface area contributed by atoms with E-state index in [1.54, 1.807) is 0 Å². The molecule has 0 amide bonds. The highest BCUT2D eigenvalue weighted by Gasteiger charge is 2.33. The van der Waals surface area contributed by atoms with Gasteiger partial charge in [0, 0.05) is 0 Å². The van der Waals surface area contributed by atoms with E-state index in [4.69, 9.17) is 0 Å². The molecule has 0 bridgehead atoms. The summed E-state index contributed by atoms with van der Waals surface area (Å²) in [5.74, 6) is 1.52. The fraction of sp³-hybridized carbons (Fsp3) is 0.818. The average molecular weight is 152 g/mol. The lowest BCUT2D eigenvalue weighted by molar-refractivity contribution is 0.285. The average Bonchev–Trinajstić information content (AvgIpc) is 2.11. The Morgan fingerprint density at radius 1 is 1.27 bits per heavy atom. The molecule has 0 saturated heterocycles. The number of allylic oxidation sites excluding steroid dienone is 1. The van der Waals surface area contributed by atoms with E-state index in [9.17, 15) is 0 Å². The Hall–Kier alpha value is -0.260. The molecule has 1 saturated carbocycles. The van der Waals surface area contributed by atoms with Crippen LogP contribution in [0.4, 0.5) is 0 Å². The van der Waals surface area contributed by atoms with E-state index >= 15 is 0 Å². The Labute approximate surface area is 70.7 Å². The summed E-state index contributed by atoms with van der Waals surface area (Å²) in [7, 11) is 0. The van der Waals surface area contributed by atoms with Gasteiger partial charge >= 0.3 is 0 Å². The van der Waals surface area contributed by atoms with Crippen LogP contribution in [-0.4, -0.2) is 0 Å². The van der Waals surface area contributed by atoms with Gasteiger partial charge in [0.2, 0.25) is 0 Å². The molecular formula is C11H20. The summed E-state index contributed by atoms with van der Waals surface area (Å²) in [6, 6.07) is 0. The summed E-state index contributed by atoms with van der Waals surface area (Å²) in [5, 5.41) is 0. The molecule has 2 unspecified atom stereocenters. The first-order chi connectivity index (χ1) is 4.93. The highest BCUT2D eigenvalue weighted by Crippen LogP contribution is 2.44. The Bertz CT molecular complexity index is 159. The van der Waals surface area contributed by atoms with Crippen molar-refractivity contribution in [3.8, 4) is 0 Å². The van der Waals surface area contributed by atoms with Gasteiger partial charge in [-0.3, -0.25) is 0 Å². The van der Waals surface area contributed by atoms with E-state index < -0.39 is 0 Å². The van der Waals surface area contributed by atoms with Crippen molar-refractivity contribution in [1.82, 2.24) is 0 Å². The molecular weight excluding hydrogens is 132 g/mol. The summed E-state index contributed by atoms with van der Waals surface area (Å²) in [6.45, 7) is 13.4. The summed E-state index contributed by atoms with van der Waals surface area (Å²) < 4.78 is 0. The second-order valence-electron chi connectivity index (χ2n) is 4.97. The van der Waals surface area contributed by atoms with Gasteiger partial charge in [-0.1, -0.05) is 39.8 Å². The van der Waals surface area contributed by atoms with Crippen molar-refractivity contribution in [1.29, 1.82) is 0 Å². The van der Waals surface area contributed by atoms with Gasteiger partial charge in [-0.2, -0.15) is 0 Å². The molecule has 11 heavy (non-hydrogen) atoms. The molecule has 1 fully saturated rings. The molecule has 1 aliphatic rings. The topological polar surface area (TPSA) is 0 Å². The largest absolute Gasteiger partial charge is 0.0993 e. The molecule has 0 spiro atoms. The van der Waals surface area contributed by atoms with Crippen LogP contribution in [-0.2, 0) is 0 Å². The molecule has 0 nitrogen and oxygen atoms in total. The van der Waals surface area contributed by atoms with Gasteiger partial charge in [-0.15, -0.1) is 0 Å². The maximum atomic E-state index is 4.18. The predicted octanol–water partition coefficient (Wildman–Crippen LogP) is 3.63. The lowest BCUT2D eigenvalue weighted by Gasteiger charge is -2.28. The van der Waals surface area contributed by atoms with Gasteiger partial charge in [0.15, 0.2) is 0 Å². The van der Waals surface area contributed by atoms with Crippen molar-refractivity contribution in [2.75, 3.05) is 0 Å².